The first-order chi connectivity index (χ1) is 8.63. The Morgan fingerprint density at radius 1 is 1.28 bits per heavy atom. The molecule has 18 heavy (non-hydrogen) atoms. The van der Waals surface area contributed by atoms with Gasteiger partial charge in [0.05, 0.1) is 13.5 Å². The zero-order valence-corrected chi connectivity index (χ0v) is 10.6. The molecule has 0 spiro atoms. The first kappa shape index (κ1) is 12.4. The van der Waals surface area contributed by atoms with Gasteiger partial charge in [-0.2, -0.15) is 4.80 Å². The molecule has 1 aromatic heterocycles. The minimum Gasteiger partial charge on any atom is -0.299 e. The number of carbonyl (C=O) groups is 1. The SMILES string of the molecule is Cc1ccc(CCC(=O)Cc2nnn(C)n2)cc1. The first-order valence-electron chi connectivity index (χ1n) is 5.93. The van der Waals surface area contributed by atoms with Crippen molar-refractivity contribution in [2.24, 2.45) is 7.05 Å². The highest BCUT2D eigenvalue weighted by Gasteiger charge is 2.08. The Hall–Kier alpha value is -2.04. The Morgan fingerprint density at radius 3 is 2.61 bits per heavy atom. The van der Waals surface area contributed by atoms with Gasteiger partial charge in [-0.15, -0.1) is 10.2 Å². The number of Topliss-reactive ketones (excluding diaryl/α,β-unsaturated/α-hetero) is 1. The highest BCUT2D eigenvalue weighted by Crippen LogP contribution is 2.07. The summed E-state index contributed by atoms with van der Waals surface area (Å²) in [6.45, 7) is 2.05. The number of ketones is 1. The molecule has 0 unspecified atom stereocenters. The number of rotatable bonds is 5. The molecule has 0 bridgehead atoms. The van der Waals surface area contributed by atoms with E-state index in [0.29, 0.717) is 12.2 Å². The van der Waals surface area contributed by atoms with Gasteiger partial charge in [-0.25, -0.2) is 0 Å². The van der Waals surface area contributed by atoms with Crippen LogP contribution in [0.25, 0.3) is 0 Å². The summed E-state index contributed by atoms with van der Waals surface area (Å²) in [4.78, 5) is 13.1. The summed E-state index contributed by atoms with van der Waals surface area (Å²) in [5.41, 5.74) is 2.41. The molecule has 0 aliphatic rings. The first-order valence-corrected chi connectivity index (χ1v) is 5.93. The van der Waals surface area contributed by atoms with Crippen molar-refractivity contribution in [2.75, 3.05) is 0 Å². The molecule has 0 radical (unpaired) electrons. The molecular formula is C13H16N4O. The van der Waals surface area contributed by atoms with Crippen molar-refractivity contribution >= 4 is 5.78 Å². The maximum absolute atomic E-state index is 11.7. The largest absolute Gasteiger partial charge is 0.299 e. The molecule has 0 saturated carbocycles. The van der Waals surface area contributed by atoms with Crippen molar-refractivity contribution in [3.63, 3.8) is 0 Å². The average Bonchev–Trinajstić information content (AvgIpc) is 2.74. The van der Waals surface area contributed by atoms with Crippen LogP contribution in [0.4, 0.5) is 0 Å². The van der Waals surface area contributed by atoms with Gasteiger partial charge in [0.25, 0.3) is 0 Å². The normalized spacial score (nSPS) is 10.6. The van der Waals surface area contributed by atoms with Crippen LogP contribution in [0.15, 0.2) is 24.3 Å². The van der Waals surface area contributed by atoms with Gasteiger partial charge < -0.3 is 0 Å². The standard InChI is InChI=1S/C13H16N4O/c1-10-3-5-11(6-4-10)7-8-12(18)9-13-14-16-17(2)15-13/h3-6H,7-9H2,1-2H3. The van der Waals surface area contributed by atoms with Crippen LogP contribution in [-0.2, 0) is 24.7 Å². The van der Waals surface area contributed by atoms with Gasteiger partial charge in [0.1, 0.15) is 5.78 Å². The van der Waals surface area contributed by atoms with Crippen LogP contribution in [0.2, 0.25) is 0 Å². The van der Waals surface area contributed by atoms with Crippen molar-refractivity contribution in [1.82, 2.24) is 20.2 Å². The third kappa shape index (κ3) is 3.48. The third-order valence-electron chi connectivity index (χ3n) is 2.72. The lowest BCUT2D eigenvalue weighted by Crippen LogP contribution is -2.06. The highest BCUT2D eigenvalue weighted by molar-refractivity contribution is 5.80. The van der Waals surface area contributed by atoms with Crippen LogP contribution in [0, 0.1) is 6.92 Å². The Labute approximate surface area is 106 Å². The van der Waals surface area contributed by atoms with Crippen molar-refractivity contribution in [1.29, 1.82) is 0 Å². The molecule has 0 saturated heterocycles. The summed E-state index contributed by atoms with van der Waals surface area (Å²) in [5, 5.41) is 11.5. The van der Waals surface area contributed by atoms with Crippen LogP contribution < -0.4 is 0 Å². The Morgan fingerprint density at radius 2 is 2.00 bits per heavy atom. The molecule has 0 fully saturated rings. The monoisotopic (exact) mass is 244 g/mol. The molecule has 0 N–H and O–H groups in total. The van der Waals surface area contributed by atoms with Crippen LogP contribution >= 0.6 is 0 Å². The zero-order chi connectivity index (χ0) is 13.0. The van der Waals surface area contributed by atoms with E-state index >= 15 is 0 Å². The summed E-state index contributed by atoms with van der Waals surface area (Å²) < 4.78 is 0. The van der Waals surface area contributed by atoms with E-state index in [-0.39, 0.29) is 12.2 Å². The van der Waals surface area contributed by atoms with Crippen molar-refractivity contribution < 1.29 is 4.79 Å². The van der Waals surface area contributed by atoms with E-state index in [4.69, 9.17) is 0 Å². The second-order valence-corrected chi connectivity index (χ2v) is 4.40. The van der Waals surface area contributed by atoms with E-state index in [1.165, 1.54) is 15.9 Å². The molecule has 1 heterocycles. The maximum atomic E-state index is 11.7. The van der Waals surface area contributed by atoms with E-state index in [0.717, 1.165) is 6.42 Å². The minimum absolute atomic E-state index is 0.142. The van der Waals surface area contributed by atoms with Crippen LogP contribution in [-0.4, -0.2) is 26.0 Å². The number of hydrogen-bond acceptors (Lipinski definition) is 4. The quantitative estimate of drug-likeness (QED) is 0.794. The van der Waals surface area contributed by atoms with Crippen LogP contribution in [0.5, 0.6) is 0 Å². The van der Waals surface area contributed by atoms with Crippen molar-refractivity contribution in [3.8, 4) is 0 Å². The van der Waals surface area contributed by atoms with E-state index in [1.807, 2.05) is 0 Å². The third-order valence-corrected chi connectivity index (χ3v) is 2.72. The lowest BCUT2D eigenvalue weighted by Gasteiger charge is -2.00. The Kier molecular flexibility index (Phi) is 3.82. The second kappa shape index (κ2) is 5.53. The maximum Gasteiger partial charge on any atom is 0.182 e. The fourth-order valence-corrected chi connectivity index (χ4v) is 1.70. The van der Waals surface area contributed by atoms with Crippen molar-refractivity contribution in [3.05, 3.63) is 41.2 Å². The summed E-state index contributed by atoms with van der Waals surface area (Å²) in [5.74, 6) is 0.634. The van der Waals surface area contributed by atoms with Crippen molar-refractivity contribution in [2.45, 2.75) is 26.2 Å². The zero-order valence-electron chi connectivity index (χ0n) is 10.6. The second-order valence-electron chi connectivity index (χ2n) is 4.40. The lowest BCUT2D eigenvalue weighted by molar-refractivity contribution is -0.118. The summed E-state index contributed by atoms with van der Waals surface area (Å²) in [6.07, 6.45) is 1.54. The molecule has 5 heteroatoms. The van der Waals surface area contributed by atoms with Crippen LogP contribution in [0.3, 0.4) is 0 Å². The smallest absolute Gasteiger partial charge is 0.182 e. The predicted octanol–water partition coefficient (Wildman–Crippen LogP) is 1.26. The Bertz CT molecular complexity index is 530. The molecule has 0 aliphatic heterocycles. The van der Waals surface area contributed by atoms with Gasteiger partial charge in [0.15, 0.2) is 5.82 Å². The van der Waals surface area contributed by atoms with Gasteiger partial charge in [0.2, 0.25) is 0 Å². The summed E-state index contributed by atoms with van der Waals surface area (Å²) in [7, 11) is 1.69. The topological polar surface area (TPSA) is 60.7 Å². The molecule has 2 aromatic rings. The highest BCUT2D eigenvalue weighted by atomic mass is 16.1. The fourth-order valence-electron chi connectivity index (χ4n) is 1.70. The molecule has 1 aromatic carbocycles. The molecule has 5 nitrogen and oxygen atoms in total. The number of carbonyl (C=O) groups excluding carboxylic acids is 1. The molecule has 0 aliphatic carbocycles. The number of aryl methyl sites for hydroxylation is 3. The number of hydrogen-bond donors (Lipinski definition) is 0. The van der Waals surface area contributed by atoms with E-state index in [2.05, 4.69) is 46.6 Å². The average molecular weight is 244 g/mol. The number of benzene rings is 1. The Balaban J connectivity index is 1.83. The van der Waals surface area contributed by atoms with Gasteiger partial charge in [0, 0.05) is 6.42 Å². The fraction of sp³-hybridized carbons (Fsp3) is 0.385. The van der Waals surface area contributed by atoms with Crippen LogP contribution in [0.1, 0.15) is 23.4 Å². The molecule has 0 atom stereocenters. The van der Waals surface area contributed by atoms with Gasteiger partial charge in [-0.1, -0.05) is 29.8 Å². The molecule has 2 rings (SSSR count). The van der Waals surface area contributed by atoms with E-state index < -0.39 is 0 Å². The predicted molar refractivity (Wildman–Crippen MR) is 67.0 cm³/mol. The van der Waals surface area contributed by atoms with E-state index in [9.17, 15) is 4.79 Å². The van der Waals surface area contributed by atoms with Gasteiger partial charge >= 0.3 is 0 Å². The number of nitrogens with zero attached hydrogens (tertiary/aromatic N) is 4. The minimum atomic E-state index is 0.142. The number of tetrazole rings is 1. The molecular weight excluding hydrogens is 228 g/mol. The van der Waals surface area contributed by atoms with Gasteiger partial charge in [-0.3, -0.25) is 4.79 Å². The summed E-state index contributed by atoms with van der Waals surface area (Å²) in [6, 6.07) is 8.24. The number of aromatic nitrogens is 4. The van der Waals surface area contributed by atoms with Gasteiger partial charge in [-0.05, 0) is 24.1 Å². The van der Waals surface area contributed by atoms with E-state index in [1.54, 1.807) is 7.05 Å². The summed E-state index contributed by atoms with van der Waals surface area (Å²) >= 11 is 0. The molecule has 94 valence electrons. The molecule has 0 amide bonds. The lowest BCUT2D eigenvalue weighted by atomic mass is 10.0.